The van der Waals surface area contributed by atoms with Crippen LogP contribution in [0, 0.1) is 0 Å². The molecule has 0 saturated heterocycles. The Morgan fingerprint density at radius 2 is 1.86 bits per heavy atom. The van der Waals surface area contributed by atoms with Crippen LogP contribution in [0.3, 0.4) is 0 Å². The molecule has 1 atom stereocenters. The molecule has 0 aliphatic heterocycles. The van der Waals surface area contributed by atoms with Gasteiger partial charge in [0.25, 0.3) is 0 Å². The standard InChI is InChI=1S/C11H24O2Si/c1-7-8-10(9-12)13-14(5,6)11(2,3)4/h9-10H,7-8H2,1-6H3. The van der Waals surface area contributed by atoms with E-state index in [9.17, 15) is 4.79 Å². The summed E-state index contributed by atoms with van der Waals surface area (Å²) in [4.78, 5) is 10.8. The molecule has 0 aromatic heterocycles. The molecule has 1 unspecified atom stereocenters. The van der Waals surface area contributed by atoms with Gasteiger partial charge in [0.1, 0.15) is 12.4 Å². The Labute approximate surface area is 89.2 Å². The first kappa shape index (κ1) is 13.8. The highest BCUT2D eigenvalue weighted by Crippen LogP contribution is 2.37. The molecule has 0 rings (SSSR count). The molecular weight excluding hydrogens is 192 g/mol. The van der Waals surface area contributed by atoms with Crippen molar-refractivity contribution in [3.8, 4) is 0 Å². The van der Waals surface area contributed by atoms with Crippen LogP contribution in [0.15, 0.2) is 0 Å². The van der Waals surface area contributed by atoms with E-state index in [-0.39, 0.29) is 11.1 Å². The van der Waals surface area contributed by atoms with Crippen LogP contribution in [-0.4, -0.2) is 20.7 Å². The fourth-order valence-electron chi connectivity index (χ4n) is 0.994. The van der Waals surface area contributed by atoms with E-state index < -0.39 is 8.32 Å². The molecular formula is C11H24O2Si. The highest BCUT2D eigenvalue weighted by Gasteiger charge is 2.38. The van der Waals surface area contributed by atoms with Crippen molar-refractivity contribution >= 4 is 14.6 Å². The van der Waals surface area contributed by atoms with Crippen LogP contribution in [0.4, 0.5) is 0 Å². The molecule has 0 spiro atoms. The molecule has 0 aliphatic rings. The number of hydrogen-bond acceptors (Lipinski definition) is 2. The molecule has 2 nitrogen and oxygen atoms in total. The van der Waals surface area contributed by atoms with Crippen molar-refractivity contribution in [1.29, 1.82) is 0 Å². The van der Waals surface area contributed by atoms with Gasteiger partial charge in [-0.2, -0.15) is 0 Å². The minimum atomic E-state index is -1.76. The van der Waals surface area contributed by atoms with Crippen LogP contribution in [-0.2, 0) is 9.22 Å². The van der Waals surface area contributed by atoms with E-state index in [1.165, 1.54) is 0 Å². The first-order valence-corrected chi connectivity index (χ1v) is 8.28. The van der Waals surface area contributed by atoms with E-state index in [2.05, 4.69) is 40.8 Å². The average molecular weight is 216 g/mol. The molecule has 0 aliphatic carbocycles. The molecule has 84 valence electrons. The second kappa shape index (κ2) is 5.08. The third kappa shape index (κ3) is 3.92. The van der Waals surface area contributed by atoms with E-state index in [4.69, 9.17) is 4.43 Å². The fraction of sp³-hybridized carbons (Fsp3) is 0.909. The van der Waals surface area contributed by atoms with Crippen LogP contribution < -0.4 is 0 Å². The van der Waals surface area contributed by atoms with Gasteiger partial charge in [0.15, 0.2) is 8.32 Å². The number of hydrogen-bond donors (Lipinski definition) is 0. The number of carbonyl (C=O) groups excluding carboxylic acids is 1. The summed E-state index contributed by atoms with van der Waals surface area (Å²) in [5.74, 6) is 0. The second-order valence-electron chi connectivity index (χ2n) is 5.34. The topological polar surface area (TPSA) is 26.3 Å². The Hall–Kier alpha value is -0.153. The normalized spacial score (nSPS) is 15.3. The lowest BCUT2D eigenvalue weighted by Crippen LogP contribution is -2.44. The van der Waals surface area contributed by atoms with Crippen molar-refractivity contribution in [2.24, 2.45) is 0 Å². The van der Waals surface area contributed by atoms with Gasteiger partial charge in [-0.15, -0.1) is 0 Å². The summed E-state index contributed by atoms with van der Waals surface area (Å²) in [5.41, 5.74) is 0. The van der Waals surface area contributed by atoms with Crippen molar-refractivity contribution in [3.05, 3.63) is 0 Å². The Morgan fingerprint density at radius 1 is 1.36 bits per heavy atom. The third-order valence-corrected chi connectivity index (χ3v) is 7.48. The molecule has 0 heterocycles. The van der Waals surface area contributed by atoms with Crippen molar-refractivity contribution in [1.82, 2.24) is 0 Å². The van der Waals surface area contributed by atoms with Crippen molar-refractivity contribution < 1.29 is 9.22 Å². The lowest BCUT2D eigenvalue weighted by Gasteiger charge is -2.38. The maximum absolute atomic E-state index is 10.8. The van der Waals surface area contributed by atoms with E-state index in [1.807, 2.05) is 0 Å². The summed E-state index contributed by atoms with van der Waals surface area (Å²) in [6.45, 7) is 13.0. The molecule has 0 aromatic carbocycles. The highest BCUT2D eigenvalue weighted by atomic mass is 28.4. The zero-order valence-corrected chi connectivity index (χ0v) is 11.4. The first-order chi connectivity index (χ1) is 6.24. The molecule has 3 heteroatoms. The molecule has 0 fully saturated rings. The minimum absolute atomic E-state index is 0.183. The SMILES string of the molecule is CCCC(C=O)O[Si](C)(C)C(C)(C)C. The predicted molar refractivity (Wildman–Crippen MR) is 63.0 cm³/mol. The molecule has 0 amide bonds. The van der Waals surface area contributed by atoms with E-state index >= 15 is 0 Å². The minimum Gasteiger partial charge on any atom is -0.407 e. The summed E-state index contributed by atoms with van der Waals surface area (Å²) >= 11 is 0. The second-order valence-corrected chi connectivity index (χ2v) is 10.1. The fourth-order valence-corrected chi connectivity index (χ4v) is 2.28. The van der Waals surface area contributed by atoms with Gasteiger partial charge in [0, 0.05) is 0 Å². The largest absolute Gasteiger partial charge is 0.407 e. The Bertz CT molecular complexity index is 182. The predicted octanol–water partition coefficient (Wildman–Crippen LogP) is 3.38. The molecule has 0 saturated carbocycles. The number of aldehydes is 1. The van der Waals surface area contributed by atoms with E-state index in [1.54, 1.807) is 0 Å². The molecule has 0 aromatic rings. The molecule has 0 bridgehead atoms. The highest BCUT2D eigenvalue weighted by molar-refractivity contribution is 6.74. The van der Waals surface area contributed by atoms with Crippen LogP contribution in [0.1, 0.15) is 40.5 Å². The Balaban J connectivity index is 4.39. The first-order valence-electron chi connectivity index (χ1n) is 5.37. The van der Waals surface area contributed by atoms with Gasteiger partial charge >= 0.3 is 0 Å². The lowest BCUT2D eigenvalue weighted by atomic mass is 10.2. The lowest BCUT2D eigenvalue weighted by molar-refractivity contribution is -0.114. The van der Waals surface area contributed by atoms with Crippen LogP contribution in [0.2, 0.25) is 18.1 Å². The van der Waals surface area contributed by atoms with Gasteiger partial charge in [-0.05, 0) is 24.6 Å². The summed E-state index contributed by atoms with van der Waals surface area (Å²) < 4.78 is 5.96. The number of carbonyl (C=O) groups is 1. The van der Waals surface area contributed by atoms with Gasteiger partial charge < -0.3 is 9.22 Å². The summed E-state index contributed by atoms with van der Waals surface area (Å²) in [6.07, 6.45) is 2.60. The molecule has 14 heavy (non-hydrogen) atoms. The van der Waals surface area contributed by atoms with Gasteiger partial charge in [-0.25, -0.2) is 0 Å². The van der Waals surface area contributed by atoms with Gasteiger partial charge in [0.2, 0.25) is 0 Å². The van der Waals surface area contributed by atoms with Crippen molar-refractivity contribution in [2.45, 2.75) is 64.8 Å². The Morgan fingerprint density at radius 3 is 2.14 bits per heavy atom. The smallest absolute Gasteiger partial charge is 0.193 e. The zero-order valence-electron chi connectivity index (χ0n) is 10.4. The van der Waals surface area contributed by atoms with E-state index in [0.29, 0.717) is 0 Å². The Kier molecular flexibility index (Phi) is 5.02. The third-order valence-electron chi connectivity index (χ3n) is 2.98. The van der Waals surface area contributed by atoms with Crippen molar-refractivity contribution in [2.75, 3.05) is 0 Å². The maximum atomic E-state index is 10.8. The maximum Gasteiger partial charge on any atom is 0.193 e. The molecule has 0 N–H and O–H groups in total. The summed E-state index contributed by atoms with van der Waals surface area (Å²) in [7, 11) is -1.76. The monoisotopic (exact) mass is 216 g/mol. The van der Waals surface area contributed by atoms with Crippen LogP contribution in [0.25, 0.3) is 0 Å². The van der Waals surface area contributed by atoms with E-state index in [0.717, 1.165) is 19.1 Å². The zero-order chi connectivity index (χ0) is 11.4. The summed E-state index contributed by atoms with van der Waals surface area (Å²) in [5, 5.41) is 0.183. The quantitative estimate of drug-likeness (QED) is 0.520. The average Bonchev–Trinajstić information content (AvgIpc) is 2.01. The van der Waals surface area contributed by atoms with Gasteiger partial charge in [-0.3, -0.25) is 0 Å². The van der Waals surface area contributed by atoms with Crippen LogP contribution >= 0.6 is 0 Å². The van der Waals surface area contributed by atoms with Crippen molar-refractivity contribution in [3.63, 3.8) is 0 Å². The van der Waals surface area contributed by atoms with Gasteiger partial charge in [-0.1, -0.05) is 34.1 Å². The van der Waals surface area contributed by atoms with Crippen LogP contribution in [0.5, 0.6) is 0 Å². The summed E-state index contributed by atoms with van der Waals surface area (Å²) in [6, 6.07) is 0. The molecule has 0 radical (unpaired) electrons. The number of rotatable bonds is 5. The van der Waals surface area contributed by atoms with Gasteiger partial charge in [0.05, 0.1) is 0 Å².